The molecule has 0 aliphatic rings. The van der Waals surface area contributed by atoms with Crippen LogP contribution in [0.1, 0.15) is 5.56 Å². The van der Waals surface area contributed by atoms with Crippen LogP contribution in [0.25, 0.3) is 27.6 Å². The molecule has 5 nitrogen and oxygen atoms in total. The molecule has 5 rings (SSSR count). The third-order valence-electron chi connectivity index (χ3n) is 5.09. The van der Waals surface area contributed by atoms with E-state index < -0.39 is 0 Å². The number of thioether (sulfide) groups is 1. The Hall–Kier alpha value is -3.03. The average Bonchev–Trinajstić information content (AvgIpc) is 3.18. The number of fused-ring (bicyclic) bond motifs is 3. The molecule has 0 aliphatic heterocycles. The van der Waals surface area contributed by atoms with Crippen molar-refractivity contribution in [2.45, 2.75) is 10.9 Å². The van der Waals surface area contributed by atoms with Gasteiger partial charge in [0.05, 0.1) is 12.8 Å². The lowest BCUT2D eigenvalue weighted by Crippen LogP contribution is -2.21. The summed E-state index contributed by atoms with van der Waals surface area (Å²) in [5, 5.41) is 1.58. The minimum Gasteiger partial charge on any atom is -0.497 e. The summed E-state index contributed by atoms with van der Waals surface area (Å²) in [4.78, 5) is 21.8. The molecule has 5 aromatic rings. The zero-order valence-electron chi connectivity index (χ0n) is 16.6. The minimum absolute atomic E-state index is 0.132. The van der Waals surface area contributed by atoms with Gasteiger partial charge in [-0.15, -0.1) is 0 Å². The highest BCUT2D eigenvalue weighted by Crippen LogP contribution is 2.29. The van der Waals surface area contributed by atoms with Crippen LogP contribution in [0.2, 0.25) is 0 Å². The number of halogens is 1. The Morgan fingerprint density at radius 1 is 1.06 bits per heavy atom. The van der Waals surface area contributed by atoms with Crippen molar-refractivity contribution in [3.63, 3.8) is 0 Å². The van der Waals surface area contributed by atoms with Crippen LogP contribution in [0.3, 0.4) is 0 Å². The van der Waals surface area contributed by atoms with Gasteiger partial charge in [-0.3, -0.25) is 9.36 Å². The monoisotopic (exact) mass is 491 g/mol. The Bertz CT molecular complexity index is 1460. The predicted octanol–water partition coefficient (Wildman–Crippen LogP) is 5.93. The molecule has 2 aromatic heterocycles. The number of nitrogens with zero attached hydrogens (tertiary/aromatic N) is 2. The number of hydrogen-bond acceptors (Lipinski definition) is 4. The van der Waals surface area contributed by atoms with Crippen molar-refractivity contribution in [2.24, 2.45) is 0 Å². The van der Waals surface area contributed by atoms with E-state index in [4.69, 9.17) is 9.72 Å². The SMILES string of the molecule is COc1cccc(-n2c(SCc3ccc(Br)cc3)nc3c([nH]c4ccccc43)c2=O)c1. The number of rotatable bonds is 5. The van der Waals surface area contributed by atoms with Crippen molar-refractivity contribution in [3.05, 3.63) is 93.2 Å². The standard InChI is InChI=1S/C24H18BrN3O2S/c1-30-18-6-4-5-17(13-18)28-23(29)22-21(19-7-2-3-8-20(19)26-22)27-24(28)31-14-15-9-11-16(25)12-10-15/h2-13,26H,14H2,1H3. The van der Waals surface area contributed by atoms with Gasteiger partial charge < -0.3 is 9.72 Å². The lowest BCUT2D eigenvalue weighted by Gasteiger charge is -2.13. The van der Waals surface area contributed by atoms with E-state index >= 15 is 0 Å². The quantitative estimate of drug-likeness (QED) is 0.244. The van der Waals surface area contributed by atoms with Gasteiger partial charge in [0.2, 0.25) is 0 Å². The van der Waals surface area contributed by atoms with Gasteiger partial charge in [0.25, 0.3) is 5.56 Å². The molecule has 0 aliphatic carbocycles. The molecule has 0 unspecified atom stereocenters. The predicted molar refractivity (Wildman–Crippen MR) is 129 cm³/mol. The Kier molecular flexibility index (Phi) is 5.29. The van der Waals surface area contributed by atoms with E-state index in [1.807, 2.05) is 60.7 Å². The first-order valence-electron chi connectivity index (χ1n) is 9.69. The molecule has 2 heterocycles. The number of H-pyrrole nitrogens is 1. The minimum atomic E-state index is -0.132. The fourth-order valence-corrected chi connectivity index (χ4v) is 4.77. The number of aromatic amines is 1. The van der Waals surface area contributed by atoms with Crippen LogP contribution >= 0.6 is 27.7 Å². The summed E-state index contributed by atoms with van der Waals surface area (Å²) in [6, 6.07) is 23.5. The van der Waals surface area contributed by atoms with E-state index in [2.05, 4.69) is 33.0 Å². The molecule has 0 atom stereocenters. The van der Waals surface area contributed by atoms with Crippen LogP contribution in [0, 0.1) is 0 Å². The highest BCUT2D eigenvalue weighted by Gasteiger charge is 2.17. The second-order valence-corrected chi connectivity index (χ2v) is 8.90. The highest BCUT2D eigenvalue weighted by molar-refractivity contribution is 9.10. The Morgan fingerprint density at radius 3 is 2.68 bits per heavy atom. The number of para-hydroxylation sites is 1. The molecule has 0 fully saturated rings. The molecular weight excluding hydrogens is 474 g/mol. The summed E-state index contributed by atoms with van der Waals surface area (Å²) >= 11 is 5.01. The second kappa shape index (κ2) is 8.24. The topological polar surface area (TPSA) is 59.9 Å². The molecule has 7 heteroatoms. The number of benzene rings is 3. The summed E-state index contributed by atoms with van der Waals surface area (Å²) in [7, 11) is 1.62. The van der Waals surface area contributed by atoms with E-state index in [-0.39, 0.29) is 5.56 Å². The van der Waals surface area contributed by atoms with Crippen molar-refractivity contribution in [1.29, 1.82) is 0 Å². The molecule has 0 amide bonds. The Balaban J connectivity index is 1.70. The molecule has 0 radical (unpaired) electrons. The molecule has 1 N–H and O–H groups in total. The normalized spacial score (nSPS) is 11.3. The lowest BCUT2D eigenvalue weighted by molar-refractivity contribution is 0.414. The number of hydrogen-bond donors (Lipinski definition) is 1. The van der Waals surface area contributed by atoms with Gasteiger partial charge in [-0.2, -0.15) is 0 Å². The summed E-state index contributed by atoms with van der Waals surface area (Å²) in [6.45, 7) is 0. The Labute approximate surface area is 191 Å². The van der Waals surface area contributed by atoms with Crippen molar-refractivity contribution in [2.75, 3.05) is 7.11 Å². The van der Waals surface area contributed by atoms with Gasteiger partial charge in [-0.1, -0.05) is 64.1 Å². The van der Waals surface area contributed by atoms with Crippen LogP contribution in [0.4, 0.5) is 0 Å². The molecule has 0 saturated heterocycles. The van der Waals surface area contributed by atoms with Gasteiger partial charge in [0, 0.05) is 27.2 Å². The smallest absolute Gasteiger partial charge is 0.283 e. The lowest BCUT2D eigenvalue weighted by atomic mass is 10.2. The number of nitrogens with one attached hydrogen (secondary N) is 1. The first-order valence-corrected chi connectivity index (χ1v) is 11.5. The Morgan fingerprint density at radius 2 is 1.87 bits per heavy atom. The number of methoxy groups -OCH3 is 1. The first-order chi connectivity index (χ1) is 15.1. The molecule has 0 bridgehead atoms. The maximum atomic E-state index is 13.6. The van der Waals surface area contributed by atoms with Crippen molar-refractivity contribution >= 4 is 49.6 Å². The van der Waals surface area contributed by atoms with Gasteiger partial charge in [-0.05, 0) is 35.9 Å². The zero-order valence-corrected chi connectivity index (χ0v) is 19.0. The molecule has 154 valence electrons. The largest absolute Gasteiger partial charge is 0.497 e. The summed E-state index contributed by atoms with van der Waals surface area (Å²) in [6.07, 6.45) is 0. The van der Waals surface area contributed by atoms with Crippen LogP contribution in [0.5, 0.6) is 5.75 Å². The highest BCUT2D eigenvalue weighted by atomic mass is 79.9. The third kappa shape index (κ3) is 3.75. The van der Waals surface area contributed by atoms with Crippen molar-refractivity contribution in [1.82, 2.24) is 14.5 Å². The van der Waals surface area contributed by atoms with Gasteiger partial charge >= 0.3 is 0 Å². The number of ether oxygens (including phenoxy) is 1. The van der Waals surface area contributed by atoms with Gasteiger partial charge in [0.15, 0.2) is 5.16 Å². The van der Waals surface area contributed by atoms with Gasteiger partial charge in [0.1, 0.15) is 16.8 Å². The van der Waals surface area contributed by atoms with E-state index in [1.54, 1.807) is 11.7 Å². The van der Waals surface area contributed by atoms with E-state index in [0.29, 0.717) is 27.7 Å². The maximum Gasteiger partial charge on any atom is 0.283 e. The molecule has 0 saturated carbocycles. The van der Waals surface area contributed by atoms with Crippen molar-refractivity contribution in [3.8, 4) is 11.4 Å². The van der Waals surface area contributed by atoms with Crippen LogP contribution in [0.15, 0.2) is 87.2 Å². The van der Waals surface area contributed by atoms with Crippen LogP contribution in [-0.4, -0.2) is 21.6 Å². The molecular formula is C24H18BrN3O2S. The van der Waals surface area contributed by atoms with Crippen molar-refractivity contribution < 1.29 is 4.74 Å². The second-order valence-electron chi connectivity index (χ2n) is 7.05. The maximum absolute atomic E-state index is 13.6. The first kappa shape index (κ1) is 19.9. The van der Waals surface area contributed by atoms with Gasteiger partial charge in [-0.25, -0.2) is 4.98 Å². The summed E-state index contributed by atoms with van der Waals surface area (Å²) < 4.78 is 8.07. The van der Waals surface area contributed by atoms with Crippen LogP contribution in [-0.2, 0) is 5.75 Å². The fourth-order valence-electron chi connectivity index (χ4n) is 3.54. The van der Waals surface area contributed by atoms with E-state index in [9.17, 15) is 4.79 Å². The molecule has 3 aromatic carbocycles. The summed E-state index contributed by atoms with van der Waals surface area (Å²) in [5.74, 6) is 1.38. The third-order valence-corrected chi connectivity index (χ3v) is 6.63. The number of aromatic nitrogens is 3. The van der Waals surface area contributed by atoms with E-state index in [0.717, 1.165) is 26.6 Å². The molecule has 31 heavy (non-hydrogen) atoms. The molecule has 0 spiro atoms. The zero-order chi connectivity index (χ0) is 21.4. The van der Waals surface area contributed by atoms with Crippen LogP contribution < -0.4 is 10.3 Å². The summed E-state index contributed by atoms with van der Waals surface area (Å²) in [5.41, 5.74) is 3.83. The average molecular weight is 492 g/mol. The van der Waals surface area contributed by atoms with E-state index in [1.165, 1.54) is 11.8 Å². The fraction of sp³-hybridized carbons (Fsp3) is 0.0833.